The standard InChI is InChI=1S/C20H26N2O5/c1-11(7-9-16(23)24)6-8-14-12(2)13(3)15-10-27-19(25)17(15)18(14)21-20(26)22(4)5/h6H,7-10H2,1-5H3,(H,21,26)(H,23,24)/b11-6+. The molecule has 2 amide bonds. The van der Waals surface area contributed by atoms with Crippen LogP contribution in [-0.4, -0.2) is 42.1 Å². The van der Waals surface area contributed by atoms with E-state index in [1.54, 1.807) is 14.1 Å². The predicted molar refractivity (Wildman–Crippen MR) is 102 cm³/mol. The SMILES string of the molecule is C/C(=C\Cc1c(C)c(C)c2c(c1NC(=O)N(C)C)C(=O)OC2)CCC(=O)O. The zero-order valence-electron chi connectivity index (χ0n) is 16.4. The van der Waals surface area contributed by atoms with Gasteiger partial charge in [-0.05, 0) is 50.3 Å². The van der Waals surface area contributed by atoms with Gasteiger partial charge in [-0.15, -0.1) is 0 Å². The second-order valence-electron chi connectivity index (χ2n) is 7.01. The van der Waals surface area contributed by atoms with Gasteiger partial charge in [0, 0.05) is 26.1 Å². The largest absolute Gasteiger partial charge is 0.481 e. The Kier molecular flexibility index (Phi) is 6.25. The number of benzene rings is 1. The van der Waals surface area contributed by atoms with Gasteiger partial charge in [-0.3, -0.25) is 4.79 Å². The molecule has 1 aliphatic rings. The van der Waals surface area contributed by atoms with Crippen LogP contribution < -0.4 is 5.32 Å². The second-order valence-corrected chi connectivity index (χ2v) is 7.01. The van der Waals surface area contributed by atoms with Crippen molar-refractivity contribution in [3.63, 3.8) is 0 Å². The van der Waals surface area contributed by atoms with Crippen LogP contribution in [0.2, 0.25) is 0 Å². The van der Waals surface area contributed by atoms with Crippen LogP contribution in [0, 0.1) is 13.8 Å². The van der Waals surface area contributed by atoms with Crippen molar-refractivity contribution in [1.82, 2.24) is 4.90 Å². The number of amides is 2. The minimum Gasteiger partial charge on any atom is -0.481 e. The summed E-state index contributed by atoms with van der Waals surface area (Å²) in [6, 6.07) is -0.326. The van der Waals surface area contributed by atoms with E-state index in [-0.39, 0.29) is 19.1 Å². The number of fused-ring (bicyclic) bond motifs is 1. The first-order valence-electron chi connectivity index (χ1n) is 8.81. The van der Waals surface area contributed by atoms with Gasteiger partial charge < -0.3 is 20.1 Å². The number of carbonyl (C=O) groups is 3. The Morgan fingerprint density at radius 1 is 1.22 bits per heavy atom. The highest BCUT2D eigenvalue weighted by Crippen LogP contribution is 2.37. The van der Waals surface area contributed by atoms with E-state index in [0.29, 0.717) is 24.1 Å². The molecule has 146 valence electrons. The predicted octanol–water partition coefficient (Wildman–Crippen LogP) is 3.42. The van der Waals surface area contributed by atoms with E-state index in [0.717, 1.165) is 27.8 Å². The number of urea groups is 1. The summed E-state index contributed by atoms with van der Waals surface area (Å²) in [6.45, 7) is 5.99. The number of ether oxygens (including phenoxy) is 1. The summed E-state index contributed by atoms with van der Waals surface area (Å²) in [4.78, 5) is 36.7. The average Bonchev–Trinajstić information content (AvgIpc) is 2.98. The highest BCUT2D eigenvalue weighted by molar-refractivity contribution is 6.05. The molecule has 0 radical (unpaired) electrons. The molecule has 0 unspecified atom stereocenters. The van der Waals surface area contributed by atoms with Crippen molar-refractivity contribution in [3.05, 3.63) is 39.5 Å². The van der Waals surface area contributed by atoms with Gasteiger partial charge in [0.25, 0.3) is 0 Å². The first-order chi connectivity index (χ1) is 12.6. The molecule has 0 saturated carbocycles. The van der Waals surface area contributed by atoms with Crippen LogP contribution in [0.4, 0.5) is 10.5 Å². The van der Waals surface area contributed by atoms with Gasteiger partial charge in [-0.2, -0.15) is 0 Å². The summed E-state index contributed by atoms with van der Waals surface area (Å²) in [6.07, 6.45) is 2.96. The molecule has 2 N–H and O–H groups in total. The summed E-state index contributed by atoms with van der Waals surface area (Å²) in [5, 5.41) is 11.7. The number of carboxylic acid groups (broad SMARTS) is 1. The maximum absolute atomic E-state index is 12.3. The van der Waals surface area contributed by atoms with E-state index >= 15 is 0 Å². The van der Waals surface area contributed by atoms with E-state index in [1.807, 2.05) is 26.8 Å². The third-order valence-electron chi connectivity index (χ3n) is 4.90. The number of anilines is 1. The van der Waals surface area contributed by atoms with Crippen LogP contribution >= 0.6 is 0 Å². The van der Waals surface area contributed by atoms with Crippen molar-refractivity contribution in [2.24, 2.45) is 0 Å². The van der Waals surface area contributed by atoms with Gasteiger partial charge in [-0.25, -0.2) is 9.59 Å². The molecule has 27 heavy (non-hydrogen) atoms. The van der Waals surface area contributed by atoms with Gasteiger partial charge in [0.2, 0.25) is 0 Å². The lowest BCUT2D eigenvalue weighted by Crippen LogP contribution is -2.29. The molecular weight excluding hydrogens is 348 g/mol. The third-order valence-corrected chi connectivity index (χ3v) is 4.90. The minimum atomic E-state index is -0.839. The lowest BCUT2D eigenvalue weighted by atomic mass is 9.90. The lowest BCUT2D eigenvalue weighted by molar-refractivity contribution is -0.136. The number of aliphatic carboxylic acids is 1. The number of carbonyl (C=O) groups excluding carboxylic acids is 2. The number of carboxylic acids is 1. The molecule has 0 spiro atoms. The van der Waals surface area contributed by atoms with Crippen LogP contribution in [0.15, 0.2) is 11.6 Å². The number of nitrogens with zero attached hydrogens (tertiary/aromatic N) is 1. The van der Waals surface area contributed by atoms with Crippen LogP contribution in [-0.2, 0) is 22.6 Å². The van der Waals surface area contributed by atoms with Gasteiger partial charge >= 0.3 is 18.0 Å². The van der Waals surface area contributed by atoms with Crippen LogP contribution in [0.25, 0.3) is 0 Å². The van der Waals surface area contributed by atoms with Crippen LogP contribution in [0.5, 0.6) is 0 Å². The second kappa shape index (κ2) is 8.24. The average molecular weight is 374 g/mol. The molecular formula is C20H26N2O5. The Hall–Kier alpha value is -2.83. The molecule has 0 aromatic heterocycles. The summed E-state index contributed by atoms with van der Waals surface area (Å²) in [5.41, 5.74) is 5.46. The van der Waals surface area contributed by atoms with Crippen LogP contribution in [0.3, 0.4) is 0 Å². The van der Waals surface area contributed by atoms with Gasteiger partial charge in [0.05, 0.1) is 11.3 Å². The number of hydrogen-bond acceptors (Lipinski definition) is 4. The molecule has 1 aromatic carbocycles. The normalized spacial score (nSPS) is 13.2. The number of esters is 1. The molecule has 0 aliphatic carbocycles. The number of allylic oxidation sites excluding steroid dienone is 2. The molecule has 1 aliphatic heterocycles. The minimum absolute atomic E-state index is 0.0705. The monoisotopic (exact) mass is 374 g/mol. The molecule has 0 atom stereocenters. The summed E-state index contributed by atoms with van der Waals surface area (Å²) in [5.74, 6) is -1.27. The molecule has 0 fully saturated rings. The van der Waals surface area contributed by atoms with E-state index in [9.17, 15) is 14.4 Å². The van der Waals surface area contributed by atoms with Crippen molar-refractivity contribution in [2.75, 3.05) is 19.4 Å². The summed E-state index contributed by atoms with van der Waals surface area (Å²) >= 11 is 0. The first-order valence-corrected chi connectivity index (χ1v) is 8.81. The fourth-order valence-electron chi connectivity index (χ4n) is 3.04. The maximum Gasteiger partial charge on any atom is 0.341 e. The Balaban J connectivity index is 2.48. The number of cyclic esters (lactones) is 1. The lowest BCUT2D eigenvalue weighted by Gasteiger charge is -2.20. The van der Waals surface area contributed by atoms with Crippen molar-refractivity contribution in [1.29, 1.82) is 0 Å². The van der Waals surface area contributed by atoms with E-state index in [1.165, 1.54) is 4.90 Å². The van der Waals surface area contributed by atoms with E-state index in [4.69, 9.17) is 9.84 Å². The Morgan fingerprint density at radius 3 is 2.48 bits per heavy atom. The van der Waals surface area contributed by atoms with Gasteiger partial charge in [-0.1, -0.05) is 11.6 Å². The topological polar surface area (TPSA) is 95.9 Å². The number of rotatable bonds is 6. The van der Waals surface area contributed by atoms with E-state index in [2.05, 4.69) is 5.32 Å². The summed E-state index contributed by atoms with van der Waals surface area (Å²) in [7, 11) is 3.26. The summed E-state index contributed by atoms with van der Waals surface area (Å²) < 4.78 is 5.20. The van der Waals surface area contributed by atoms with E-state index < -0.39 is 11.9 Å². The van der Waals surface area contributed by atoms with Crippen molar-refractivity contribution in [2.45, 2.75) is 46.6 Å². The zero-order valence-corrected chi connectivity index (χ0v) is 16.4. The molecule has 7 heteroatoms. The zero-order chi connectivity index (χ0) is 20.3. The highest BCUT2D eigenvalue weighted by atomic mass is 16.5. The van der Waals surface area contributed by atoms with Crippen molar-refractivity contribution < 1.29 is 24.2 Å². The third kappa shape index (κ3) is 4.48. The highest BCUT2D eigenvalue weighted by Gasteiger charge is 2.31. The molecule has 0 saturated heterocycles. The smallest absolute Gasteiger partial charge is 0.341 e. The Morgan fingerprint density at radius 2 is 1.89 bits per heavy atom. The molecule has 0 bridgehead atoms. The van der Waals surface area contributed by atoms with Gasteiger partial charge in [0.1, 0.15) is 6.61 Å². The quantitative estimate of drug-likeness (QED) is 0.587. The van der Waals surface area contributed by atoms with Crippen molar-refractivity contribution in [3.8, 4) is 0 Å². The number of hydrogen-bond donors (Lipinski definition) is 2. The fraction of sp³-hybridized carbons (Fsp3) is 0.450. The van der Waals surface area contributed by atoms with Crippen molar-refractivity contribution >= 4 is 23.7 Å². The maximum atomic E-state index is 12.3. The first kappa shape index (κ1) is 20.5. The fourth-order valence-corrected chi connectivity index (χ4v) is 3.04. The Labute approximate surface area is 159 Å². The molecule has 7 nitrogen and oxygen atoms in total. The van der Waals surface area contributed by atoms with Gasteiger partial charge in [0.15, 0.2) is 0 Å². The number of nitrogens with one attached hydrogen (secondary N) is 1. The van der Waals surface area contributed by atoms with Crippen LogP contribution in [0.1, 0.15) is 52.4 Å². The molecule has 1 heterocycles. The molecule has 2 rings (SSSR count). The molecule has 1 aromatic rings. The Bertz CT molecular complexity index is 824.